The van der Waals surface area contributed by atoms with Gasteiger partial charge >= 0.3 is 5.97 Å². The second-order valence-electron chi connectivity index (χ2n) is 2.63. The van der Waals surface area contributed by atoms with Gasteiger partial charge in [0.1, 0.15) is 5.49 Å². The minimum Gasteiger partial charge on any atom is -0.481 e. The number of carbonyl (C=O) groups is 1. The number of carboxylic acid groups (broad SMARTS) is 1. The van der Waals surface area contributed by atoms with E-state index in [9.17, 15) is 4.79 Å². The molecule has 0 bridgehead atoms. The second kappa shape index (κ2) is 6.15. The maximum Gasteiger partial charge on any atom is 0.303 e. The lowest BCUT2D eigenvalue weighted by atomic mass is 10.3. The molecule has 0 radical (unpaired) electrons. The largest absolute Gasteiger partial charge is 0.481 e. The quantitative estimate of drug-likeness (QED) is 0.777. The molecule has 78 valence electrons. The summed E-state index contributed by atoms with van der Waals surface area (Å²) in [6.45, 7) is 0.478. The summed E-state index contributed by atoms with van der Waals surface area (Å²) in [5.41, 5.74) is 0.299. The van der Waals surface area contributed by atoms with E-state index >= 15 is 0 Å². The van der Waals surface area contributed by atoms with Crippen LogP contribution in [0, 0.1) is 5.41 Å². The van der Waals surface area contributed by atoms with Gasteiger partial charge in [0.15, 0.2) is 0 Å². The molecule has 0 spiro atoms. The Labute approximate surface area is 87.3 Å². The molecule has 14 heavy (non-hydrogen) atoms. The van der Waals surface area contributed by atoms with Gasteiger partial charge in [0.2, 0.25) is 0 Å². The Bertz CT molecular complexity index is 350. The van der Waals surface area contributed by atoms with Gasteiger partial charge in [-0.1, -0.05) is 0 Å². The first kappa shape index (κ1) is 12.6. The van der Waals surface area contributed by atoms with Gasteiger partial charge in [0, 0.05) is 19.2 Å². The van der Waals surface area contributed by atoms with Crippen molar-refractivity contribution in [1.82, 2.24) is 9.78 Å². The van der Waals surface area contributed by atoms with Gasteiger partial charge in [-0.2, -0.15) is 5.10 Å². The van der Waals surface area contributed by atoms with E-state index in [4.69, 9.17) is 10.5 Å². The van der Waals surface area contributed by atoms with Gasteiger partial charge in [-0.15, -0.1) is 12.4 Å². The third kappa shape index (κ3) is 4.04. The van der Waals surface area contributed by atoms with E-state index in [1.807, 2.05) is 0 Å². The summed E-state index contributed by atoms with van der Waals surface area (Å²) in [7, 11) is 0. The number of nitrogens with one attached hydrogen (secondary N) is 1. The average Bonchev–Trinajstić information content (AvgIpc) is 2.08. The van der Waals surface area contributed by atoms with Crippen LogP contribution in [0.4, 0.5) is 0 Å². The zero-order valence-electron chi connectivity index (χ0n) is 7.51. The predicted molar refractivity (Wildman–Crippen MR) is 52.2 cm³/mol. The Morgan fingerprint density at radius 2 is 2.36 bits per heavy atom. The Balaban J connectivity index is 0.00000169. The van der Waals surface area contributed by atoms with Gasteiger partial charge < -0.3 is 5.11 Å². The number of halogens is 1. The number of nitrogens with zero attached hydrogens (tertiary/aromatic N) is 2. The van der Waals surface area contributed by atoms with Crippen molar-refractivity contribution in [1.29, 1.82) is 5.41 Å². The highest BCUT2D eigenvalue weighted by atomic mass is 35.5. The lowest BCUT2D eigenvalue weighted by Crippen LogP contribution is -2.21. The van der Waals surface area contributed by atoms with Crippen molar-refractivity contribution in [3.05, 3.63) is 23.8 Å². The fraction of sp³-hybridized carbons (Fsp3) is 0.375. The van der Waals surface area contributed by atoms with Crippen LogP contribution in [0.2, 0.25) is 0 Å². The molecular weight excluding hydrogens is 206 g/mol. The third-order valence-electron chi connectivity index (χ3n) is 1.58. The predicted octanol–water partition coefficient (Wildman–Crippen LogP) is 0.649. The fourth-order valence-electron chi connectivity index (χ4n) is 0.960. The van der Waals surface area contributed by atoms with E-state index in [2.05, 4.69) is 5.10 Å². The summed E-state index contributed by atoms with van der Waals surface area (Å²) in [6.07, 6.45) is 2.20. The van der Waals surface area contributed by atoms with Crippen molar-refractivity contribution < 1.29 is 9.90 Å². The highest BCUT2D eigenvalue weighted by molar-refractivity contribution is 5.85. The van der Waals surface area contributed by atoms with Crippen LogP contribution >= 0.6 is 12.4 Å². The van der Waals surface area contributed by atoms with E-state index in [0.717, 1.165) is 0 Å². The third-order valence-corrected chi connectivity index (χ3v) is 1.58. The first-order valence-electron chi connectivity index (χ1n) is 3.98. The Morgan fingerprint density at radius 1 is 1.64 bits per heavy atom. The Morgan fingerprint density at radius 3 is 2.93 bits per heavy atom. The molecule has 0 fully saturated rings. The molecule has 0 atom stereocenters. The summed E-state index contributed by atoms with van der Waals surface area (Å²) in [6, 6.07) is 3.30. The van der Waals surface area contributed by atoms with Crippen molar-refractivity contribution in [2.24, 2.45) is 0 Å². The molecule has 0 unspecified atom stereocenters. The smallest absolute Gasteiger partial charge is 0.303 e. The molecule has 1 aromatic heterocycles. The number of aliphatic carboxylic acids is 1. The van der Waals surface area contributed by atoms with Crippen molar-refractivity contribution in [2.75, 3.05) is 0 Å². The van der Waals surface area contributed by atoms with Crippen LogP contribution in [-0.4, -0.2) is 20.9 Å². The van der Waals surface area contributed by atoms with Crippen LogP contribution in [-0.2, 0) is 11.3 Å². The van der Waals surface area contributed by atoms with Crippen molar-refractivity contribution in [3.63, 3.8) is 0 Å². The van der Waals surface area contributed by atoms with Crippen LogP contribution in [0.5, 0.6) is 0 Å². The molecule has 6 heteroatoms. The molecule has 0 aliphatic rings. The van der Waals surface area contributed by atoms with Crippen LogP contribution in [0.3, 0.4) is 0 Å². The van der Waals surface area contributed by atoms with Gasteiger partial charge in [0.25, 0.3) is 0 Å². The number of rotatable bonds is 4. The second-order valence-corrected chi connectivity index (χ2v) is 2.63. The lowest BCUT2D eigenvalue weighted by Gasteiger charge is -2.02. The number of carboxylic acids is 1. The Hall–Kier alpha value is -1.36. The molecule has 1 rings (SSSR count). The zero-order chi connectivity index (χ0) is 9.68. The fourth-order valence-corrected chi connectivity index (χ4v) is 0.960. The minimum atomic E-state index is -0.817. The molecule has 0 amide bonds. The first-order chi connectivity index (χ1) is 6.20. The van der Waals surface area contributed by atoms with Crippen LogP contribution < -0.4 is 5.49 Å². The molecule has 0 aliphatic heterocycles. The van der Waals surface area contributed by atoms with E-state index in [0.29, 0.717) is 18.5 Å². The normalized spacial score (nSPS) is 9.14. The topological polar surface area (TPSA) is 79.0 Å². The molecule has 1 aromatic rings. The van der Waals surface area contributed by atoms with Gasteiger partial charge in [0.05, 0.1) is 0 Å². The average molecular weight is 218 g/mol. The van der Waals surface area contributed by atoms with E-state index in [1.165, 1.54) is 4.68 Å². The summed E-state index contributed by atoms with van der Waals surface area (Å²) < 4.78 is 1.48. The van der Waals surface area contributed by atoms with Crippen molar-refractivity contribution in [3.8, 4) is 0 Å². The Kier molecular flexibility index (Phi) is 5.55. The van der Waals surface area contributed by atoms with E-state index in [-0.39, 0.29) is 18.8 Å². The highest BCUT2D eigenvalue weighted by Gasteiger charge is 1.97. The summed E-state index contributed by atoms with van der Waals surface area (Å²) in [5.74, 6) is -0.817. The lowest BCUT2D eigenvalue weighted by molar-refractivity contribution is -0.137. The number of hydrogen-bond donors (Lipinski definition) is 2. The van der Waals surface area contributed by atoms with Crippen LogP contribution in [0.1, 0.15) is 12.8 Å². The van der Waals surface area contributed by atoms with Gasteiger partial charge in [-0.3, -0.25) is 10.2 Å². The summed E-state index contributed by atoms with van der Waals surface area (Å²) in [4.78, 5) is 10.2. The molecule has 2 N–H and O–H groups in total. The molecular formula is C8H12ClN3O2. The van der Waals surface area contributed by atoms with Crippen molar-refractivity contribution >= 4 is 18.4 Å². The first-order valence-corrected chi connectivity index (χ1v) is 3.98. The zero-order valence-corrected chi connectivity index (χ0v) is 8.33. The molecule has 0 aliphatic carbocycles. The van der Waals surface area contributed by atoms with Crippen molar-refractivity contribution in [2.45, 2.75) is 19.4 Å². The molecule has 0 aromatic carbocycles. The highest BCUT2D eigenvalue weighted by Crippen LogP contribution is 1.90. The van der Waals surface area contributed by atoms with E-state index in [1.54, 1.807) is 18.3 Å². The maximum atomic E-state index is 10.2. The number of aromatic nitrogens is 2. The van der Waals surface area contributed by atoms with Gasteiger partial charge in [-0.05, 0) is 18.6 Å². The number of hydrogen-bond acceptors (Lipinski definition) is 3. The van der Waals surface area contributed by atoms with Crippen LogP contribution in [0.25, 0.3) is 0 Å². The SMILES string of the molecule is Cl.N=c1cccnn1CCCC(=O)O. The summed E-state index contributed by atoms with van der Waals surface area (Å²) >= 11 is 0. The van der Waals surface area contributed by atoms with Gasteiger partial charge in [-0.25, -0.2) is 4.68 Å². The molecule has 5 nitrogen and oxygen atoms in total. The standard InChI is InChI=1S/C8H11N3O2.ClH/c9-7-3-1-5-10-11(7)6-2-4-8(12)13;/h1,3,5,9H,2,4,6H2,(H,12,13);1H. The minimum absolute atomic E-state index is 0. The molecule has 0 saturated heterocycles. The monoisotopic (exact) mass is 217 g/mol. The maximum absolute atomic E-state index is 10.2. The number of aryl methyl sites for hydroxylation is 1. The molecule has 1 heterocycles. The molecule has 0 saturated carbocycles. The van der Waals surface area contributed by atoms with E-state index < -0.39 is 5.97 Å². The van der Waals surface area contributed by atoms with Crippen LogP contribution in [0.15, 0.2) is 18.3 Å². The summed E-state index contributed by atoms with van der Waals surface area (Å²) in [5, 5.41) is 19.7.